The highest BCUT2D eigenvalue weighted by atomic mass is 19.1. The third-order valence-electron chi connectivity index (χ3n) is 5.65. The maximum atomic E-state index is 13.4. The Bertz CT molecular complexity index is 1620. The molecule has 0 bridgehead atoms. The number of pyridine rings is 3. The van der Waals surface area contributed by atoms with Crippen LogP contribution < -0.4 is 4.74 Å². The zero-order valence-electron chi connectivity index (χ0n) is 17.5. The highest BCUT2D eigenvalue weighted by Crippen LogP contribution is 2.34. The summed E-state index contributed by atoms with van der Waals surface area (Å²) in [6.07, 6.45) is 8.77. The molecule has 0 aliphatic rings. The third-order valence-corrected chi connectivity index (χ3v) is 5.65. The second kappa shape index (κ2) is 7.52. The number of methoxy groups -OCH3 is 1. The van der Waals surface area contributed by atoms with Gasteiger partial charge in [-0.25, -0.2) is 9.37 Å². The number of benzene rings is 1. The number of nitrogens with one attached hydrogen (secondary N) is 2. The van der Waals surface area contributed by atoms with Gasteiger partial charge in [0, 0.05) is 46.1 Å². The Morgan fingerprint density at radius 2 is 1.64 bits per heavy atom. The fourth-order valence-corrected chi connectivity index (χ4v) is 3.99. The van der Waals surface area contributed by atoms with Crippen LogP contribution in [-0.2, 0) is 0 Å². The van der Waals surface area contributed by atoms with E-state index in [1.807, 2.05) is 18.2 Å². The van der Waals surface area contributed by atoms with Gasteiger partial charge in [-0.1, -0.05) is 12.1 Å². The van der Waals surface area contributed by atoms with Crippen LogP contribution in [0.1, 0.15) is 0 Å². The van der Waals surface area contributed by atoms with Gasteiger partial charge in [0.15, 0.2) is 5.65 Å². The van der Waals surface area contributed by atoms with Crippen molar-refractivity contribution in [3.63, 3.8) is 0 Å². The van der Waals surface area contributed by atoms with E-state index in [1.54, 1.807) is 50.2 Å². The van der Waals surface area contributed by atoms with Crippen LogP contribution in [0.15, 0.2) is 73.4 Å². The van der Waals surface area contributed by atoms with Crippen LogP contribution in [0.3, 0.4) is 0 Å². The number of hydrogen-bond donors (Lipinski definition) is 2. The molecular weight excluding hydrogens is 419 g/mol. The van der Waals surface area contributed by atoms with E-state index in [1.165, 1.54) is 12.1 Å². The summed E-state index contributed by atoms with van der Waals surface area (Å²) in [5.41, 5.74) is 6.73. The van der Waals surface area contributed by atoms with Gasteiger partial charge in [-0.2, -0.15) is 5.10 Å². The average Bonchev–Trinajstić information content (AvgIpc) is 3.48. The van der Waals surface area contributed by atoms with Gasteiger partial charge in [0.1, 0.15) is 17.3 Å². The highest BCUT2D eigenvalue weighted by molar-refractivity contribution is 6.00. The van der Waals surface area contributed by atoms with E-state index in [9.17, 15) is 4.39 Å². The zero-order chi connectivity index (χ0) is 22.4. The second-order valence-electron chi connectivity index (χ2n) is 7.64. The summed E-state index contributed by atoms with van der Waals surface area (Å²) in [7, 11) is 1.61. The van der Waals surface area contributed by atoms with Gasteiger partial charge in [-0.15, -0.1) is 0 Å². The Morgan fingerprint density at radius 3 is 2.48 bits per heavy atom. The molecule has 7 nitrogen and oxygen atoms in total. The summed E-state index contributed by atoms with van der Waals surface area (Å²) in [4.78, 5) is 16.5. The lowest BCUT2D eigenvalue weighted by molar-refractivity contribution is 0.413. The predicted octanol–water partition coefficient (Wildman–Crippen LogP) is 5.38. The number of rotatable bonds is 4. The Morgan fingerprint density at radius 1 is 0.818 bits per heavy atom. The largest absolute Gasteiger partial charge is 0.495 e. The van der Waals surface area contributed by atoms with Crippen molar-refractivity contribution in [3.8, 4) is 39.4 Å². The van der Waals surface area contributed by atoms with Crippen LogP contribution in [-0.4, -0.2) is 37.2 Å². The van der Waals surface area contributed by atoms with Crippen molar-refractivity contribution in [1.29, 1.82) is 0 Å². The van der Waals surface area contributed by atoms with Gasteiger partial charge in [-0.3, -0.25) is 15.1 Å². The molecular formula is C25H17FN6O. The molecule has 0 spiro atoms. The van der Waals surface area contributed by atoms with Crippen LogP contribution in [0.2, 0.25) is 0 Å². The summed E-state index contributed by atoms with van der Waals surface area (Å²) in [6.45, 7) is 0. The molecule has 8 heteroatoms. The molecule has 0 saturated carbocycles. The minimum atomic E-state index is -0.272. The van der Waals surface area contributed by atoms with E-state index >= 15 is 0 Å². The standard InChI is InChI=1S/C25H17FN6O/c1-33-18-6-15(9-27-11-18)16-7-20-24(31-32-25(20)29-10-16)22-8-19-21(12-28-13-23(19)30-22)14-2-4-17(26)5-3-14/h2-13,30H,1H3,(H,29,31,32). The summed E-state index contributed by atoms with van der Waals surface area (Å²) in [5.74, 6) is 0.405. The highest BCUT2D eigenvalue weighted by Gasteiger charge is 2.15. The quantitative estimate of drug-likeness (QED) is 0.387. The monoisotopic (exact) mass is 436 g/mol. The molecule has 0 amide bonds. The summed E-state index contributed by atoms with van der Waals surface area (Å²) in [5, 5.41) is 9.37. The number of halogens is 1. The molecule has 0 aliphatic carbocycles. The van der Waals surface area contributed by atoms with E-state index in [0.29, 0.717) is 11.4 Å². The number of aromatic amines is 2. The number of H-pyrrole nitrogens is 2. The van der Waals surface area contributed by atoms with Crippen molar-refractivity contribution in [2.75, 3.05) is 7.11 Å². The lowest BCUT2D eigenvalue weighted by Gasteiger charge is -2.04. The van der Waals surface area contributed by atoms with Crippen molar-refractivity contribution in [3.05, 3.63) is 79.3 Å². The molecule has 33 heavy (non-hydrogen) atoms. The van der Waals surface area contributed by atoms with Gasteiger partial charge < -0.3 is 9.72 Å². The topological polar surface area (TPSA) is 92.4 Å². The van der Waals surface area contributed by atoms with Crippen LogP contribution in [0.25, 0.3) is 55.6 Å². The first-order valence-corrected chi connectivity index (χ1v) is 10.3. The Balaban J connectivity index is 1.48. The Hall–Kier alpha value is -4.59. The molecule has 6 aromatic rings. The molecule has 0 saturated heterocycles. The van der Waals surface area contributed by atoms with E-state index in [4.69, 9.17) is 4.74 Å². The minimum Gasteiger partial charge on any atom is -0.495 e. The Labute approximate surface area is 187 Å². The molecule has 0 aliphatic heterocycles. The average molecular weight is 436 g/mol. The minimum absolute atomic E-state index is 0.272. The van der Waals surface area contributed by atoms with Crippen molar-refractivity contribution < 1.29 is 9.13 Å². The first-order valence-electron chi connectivity index (χ1n) is 10.3. The van der Waals surface area contributed by atoms with Crippen molar-refractivity contribution in [2.45, 2.75) is 0 Å². The van der Waals surface area contributed by atoms with Crippen molar-refractivity contribution in [1.82, 2.24) is 30.1 Å². The summed E-state index contributed by atoms with van der Waals surface area (Å²) in [6, 6.07) is 12.4. The van der Waals surface area contributed by atoms with Crippen molar-refractivity contribution in [2.24, 2.45) is 0 Å². The van der Waals surface area contributed by atoms with E-state index in [0.717, 1.165) is 49.9 Å². The summed E-state index contributed by atoms with van der Waals surface area (Å²) < 4.78 is 18.7. The molecule has 2 N–H and O–H groups in total. The van der Waals surface area contributed by atoms with Crippen LogP contribution in [0.5, 0.6) is 5.75 Å². The number of aromatic nitrogens is 6. The Kier molecular flexibility index (Phi) is 4.36. The maximum Gasteiger partial charge on any atom is 0.155 e. The van der Waals surface area contributed by atoms with Gasteiger partial charge in [0.05, 0.1) is 30.7 Å². The number of hydrogen-bond acceptors (Lipinski definition) is 5. The van der Waals surface area contributed by atoms with Gasteiger partial charge >= 0.3 is 0 Å². The van der Waals surface area contributed by atoms with Crippen LogP contribution in [0.4, 0.5) is 4.39 Å². The molecule has 0 fully saturated rings. The maximum absolute atomic E-state index is 13.4. The number of fused-ring (bicyclic) bond motifs is 2. The number of ether oxygens (including phenoxy) is 1. The smallest absolute Gasteiger partial charge is 0.155 e. The predicted molar refractivity (Wildman–Crippen MR) is 124 cm³/mol. The van der Waals surface area contributed by atoms with Gasteiger partial charge in [0.25, 0.3) is 0 Å². The van der Waals surface area contributed by atoms with Gasteiger partial charge in [-0.05, 0) is 35.9 Å². The molecule has 0 radical (unpaired) electrons. The molecule has 160 valence electrons. The van der Waals surface area contributed by atoms with E-state index in [2.05, 4.69) is 30.1 Å². The van der Waals surface area contributed by atoms with Gasteiger partial charge in [0.2, 0.25) is 0 Å². The SMILES string of the molecule is COc1cncc(-c2cnc3[nH]nc(-c4cc5c(-c6ccc(F)cc6)cncc5[nH]4)c3c2)c1. The molecule has 5 aromatic heterocycles. The fourth-order valence-electron chi connectivity index (χ4n) is 3.99. The molecule has 0 unspecified atom stereocenters. The normalized spacial score (nSPS) is 11.3. The molecule has 1 aromatic carbocycles. The third kappa shape index (κ3) is 3.28. The van der Waals surface area contributed by atoms with Crippen LogP contribution in [0, 0.1) is 5.82 Å². The second-order valence-corrected chi connectivity index (χ2v) is 7.64. The van der Waals surface area contributed by atoms with E-state index < -0.39 is 0 Å². The summed E-state index contributed by atoms with van der Waals surface area (Å²) >= 11 is 0. The van der Waals surface area contributed by atoms with Crippen molar-refractivity contribution >= 4 is 21.9 Å². The fraction of sp³-hybridized carbons (Fsp3) is 0.0400. The lowest BCUT2D eigenvalue weighted by Crippen LogP contribution is -1.87. The van der Waals surface area contributed by atoms with Crippen LogP contribution >= 0.6 is 0 Å². The first kappa shape index (κ1) is 19.1. The first-order chi connectivity index (χ1) is 16.2. The molecule has 6 rings (SSSR count). The zero-order valence-corrected chi connectivity index (χ0v) is 17.5. The number of nitrogens with zero attached hydrogens (tertiary/aromatic N) is 4. The van der Waals surface area contributed by atoms with E-state index in [-0.39, 0.29) is 5.82 Å². The lowest BCUT2D eigenvalue weighted by atomic mass is 10.0. The molecule has 5 heterocycles. The molecule has 0 atom stereocenters.